The third kappa shape index (κ3) is 5.88. The Balaban J connectivity index is 2.72. The van der Waals surface area contributed by atoms with Gasteiger partial charge in [0.25, 0.3) is 0 Å². The van der Waals surface area contributed by atoms with Gasteiger partial charge in [-0.3, -0.25) is 0 Å². The number of ether oxygens (including phenoxy) is 1. The predicted molar refractivity (Wildman–Crippen MR) is 83.0 cm³/mol. The van der Waals surface area contributed by atoms with Gasteiger partial charge in [0.1, 0.15) is 0 Å². The Hall–Kier alpha value is -1.35. The average Bonchev–Trinajstić information content (AvgIpc) is 2.27. The smallest absolute Gasteiger partial charge is 0.333 e. The van der Waals surface area contributed by atoms with Crippen LogP contribution in [0.1, 0.15) is 18.1 Å². The highest BCUT2D eigenvalue weighted by molar-refractivity contribution is 6.75. The van der Waals surface area contributed by atoms with Crippen molar-refractivity contribution in [2.45, 2.75) is 39.0 Å². The molecule has 0 bridgehead atoms. The van der Waals surface area contributed by atoms with Crippen molar-refractivity contribution in [1.82, 2.24) is 0 Å². The van der Waals surface area contributed by atoms with Crippen LogP contribution in [0.15, 0.2) is 36.4 Å². The minimum atomic E-state index is -1.11. The zero-order chi connectivity index (χ0) is 14.5. The lowest BCUT2D eigenvalue weighted by atomic mass is 10.0. The molecule has 104 valence electrons. The average molecular weight is 276 g/mol. The fourth-order valence-electron chi connectivity index (χ4n) is 2.01. The molecule has 1 aromatic carbocycles. The van der Waals surface area contributed by atoms with Crippen LogP contribution in [0.2, 0.25) is 19.6 Å². The highest BCUT2D eigenvalue weighted by Crippen LogP contribution is 2.15. The zero-order valence-electron chi connectivity index (χ0n) is 12.5. The fourth-order valence-corrected chi connectivity index (χ4v) is 3.46. The lowest BCUT2D eigenvalue weighted by molar-refractivity contribution is -0.138. The summed E-state index contributed by atoms with van der Waals surface area (Å²) in [4.78, 5) is 11.5. The molecule has 0 fully saturated rings. The van der Waals surface area contributed by atoms with E-state index in [0.29, 0.717) is 18.6 Å². The lowest BCUT2D eigenvalue weighted by Crippen LogP contribution is -2.23. The van der Waals surface area contributed by atoms with Crippen LogP contribution < -0.4 is 0 Å². The van der Waals surface area contributed by atoms with Gasteiger partial charge in [-0.1, -0.05) is 56.0 Å². The van der Waals surface area contributed by atoms with E-state index < -0.39 is 8.07 Å². The summed E-state index contributed by atoms with van der Waals surface area (Å²) < 4.78 is 4.96. The Labute approximate surface area is 117 Å². The first-order valence-electron chi connectivity index (χ1n) is 6.74. The summed E-state index contributed by atoms with van der Waals surface area (Å²) in [6, 6.07) is 9.60. The van der Waals surface area contributed by atoms with Crippen LogP contribution in [0.3, 0.4) is 0 Å². The van der Waals surface area contributed by atoms with Gasteiger partial charge >= 0.3 is 5.97 Å². The molecule has 0 heterocycles. The van der Waals surface area contributed by atoms with Gasteiger partial charge in [-0.15, -0.1) is 0 Å². The van der Waals surface area contributed by atoms with Crippen molar-refractivity contribution in [3.63, 3.8) is 0 Å². The molecule has 0 aliphatic heterocycles. The lowest BCUT2D eigenvalue weighted by Gasteiger charge is -2.16. The Morgan fingerprint density at radius 1 is 1.26 bits per heavy atom. The Bertz CT molecular complexity index is 458. The molecule has 19 heavy (non-hydrogen) atoms. The van der Waals surface area contributed by atoms with Gasteiger partial charge in [0.2, 0.25) is 0 Å². The number of esters is 1. The normalized spacial score (nSPS) is 11.2. The summed E-state index contributed by atoms with van der Waals surface area (Å²) in [5, 5.41) is 0. The molecular weight excluding hydrogens is 252 g/mol. The molecule has 0 saturated carbocycles. The molecule has 0 saturated heterocycles. The molecule has 2 nitrogen and oxygen atoms in total. The van der Waals surface area contributed by atoms with E-state index in [-0.39, 0.29) is 5.97 Å². The molecule has 0 N–H and O–H groups in total. The Kier molecular flexibility index (Phi) is 5.55. The molecule has 0 unspecified atom stereocenters. The minimum Gasteiger partial charge on any atom is -0.463 e. The standard InChI is InChI=1S/C16H24O2Si/c1-6-18-16(17)13(2)10-14-8-7-9-15(11-14)12-19(3,4)5/h7-9,11H,2,6,10,12H2,1,3-5H3. The van der Waals surface area contributed by atoms with Crippen molar-refractivity contribution in [1.29, 1.82) is 0 Å². The number of hydrogen-bond donors (Lipinski definition) is 0. The van der Waals surface area contributed by atoms with E-state index in [1.54, 1.807) is 6.92 Å². The van der Waals surface area contributed by atoms with Crippen LogP contribution in [0, 0.1) is 0 Å². The fraction of sp³-hybridized carbons (Fsp3) is 0.438. The second-order valence-electron chi connectivity index (χ2n) is 6.06. The monoisotopic (exact) mass is 276 g/mol. The van der Waals surface area contributed by atoms with Gasteiger partial charge in [0.15, 0.2) is 0 Å². The number of benzene rings is 1. The van der Waals surface area contributed by atoms with E-state index in [1.807, 2.05) is 6.07 Å². The Morgan fingerprint density at radius 2 is 1.89 bits per heavy atom. The zero-order valence-corrected chi connectivity index (χ0v) is 13.5. The highest BCUT2D eigenvalue weighted by Gasteiger charge is 2.14. The SMILES string of the molecule is C=C(Cc1cccc(C[Si](C)(C)C)c1)C(=O)OCC. The summed E-state index contributed by atoms with van der Waals surface area (Å²) in [5.74, 6) is -0.293. The summed E-state index contributed by atoms with van der Waals surface area (Å²) in [6.45, 7) is 13.1. The first-order chi connectivity index (χ1) is 8.81. The van der Waals surface area contributed by atoms with Gasteiger partial charge < -0.3 is 4.74 Å². The molecular formula is C16H24O2Si. The van der Waals surface area contributed by atoms with E-state index in [2.05, 4.69) is 44.4 Å². The van der Waals surface area contributed by atoms with Crippen molar-refractivity contribution in [2.75, 3.05) is 6.61 Å². The minimum absolute atomic E-state index is 0.293. The van der Waals surface area contributed by atoms with Gasteiger partial charge in [0.05, 0.1) is 6.61 Å². The van der Waals surface area contributed by atoms with Crippen molar-refractivity contribution in [2.24, 2.45) is 0 Å². The van der Waals surface area contributed by atoms with Crippen LogP contribution in [0.4, 0.5) is 0 Å². The predicted octanol–water partition coefficient (Wildman–Crippen LogP) is 3.77. The number of carbonyl (C=O) groups excluding carboxylic acids is 1. The third-order valence-corrected chi connectivity index (χ3v) is 4.18. The molecule has 1 aromatic rings. The van der Waals surface area contributed by atoms with E-state index in [1.165, 1.54) is 5.56 Å². The summed E-state index contributed by atoms with van der Waals surface area (Å²) >= 11 is 0. The van der Waals surface area contributed by atoms with E-state index in [4.69, 9.17) is 4.74 Å². The maximum atomic E-state index is 11.5. The van der Waals surface area contributed by atoms with Crippen LogP contribution in [0.25, 0.3) is 0 Å². The highest BCUT2D eigenvalue weighted by atomic mass is 28.3. The van der Waals surface area contributed by atoms with Crippen LogP contribution in [-0.4, -0.2) is 20.7 Å². The first-order valence-corrected chi connectivity index (χ1v) is 10.5. The van der Waals surface area contributed by atoms with Gasteiger partial charge in [-0.05, 0) is 18.5 Å². The molecule has 0 atom stereocenters. The molecule has 1 rings (SSSR count). The van der Waals surface area contributed by atoms with Crippen molar-refractivity contribution >= 4 is 14.0 Å². The first kappa shape index (κ1) is 15.7. The van der Waals surface area contributed by atoms with E-state index in [9.17, 15) is 4.79 Å². The molecule has 0 aliphatic rings. The van der Waals surface area contributed by atoms with Crippen molar-refractivity contribution in [3.8, 4) is 0 Å². The summed E-state index contributed by atoms with van der Waals surface area (Å²) in [5.41, 5.74) is 3.01. The van der Waals surface area contributed by atoms with Crippen LogP contribution in [-0.2, 0) is 22.0 Å². The maximum Gasteiger partial charge on any atom is 0.333 e. The molecule has 3 heteroatoms. The van der Waals surface area contributed by atoms with E-state index in [0.717, 1.165) is 11.6 Å². The van der Waals surface area contributed by atoms with E-state index >= 15 is 0 Å². The van der Waals surface area contributed by atoms with Gasteiger partial charge in [0, 0.05) is 20.1 Å². The molecule has 0 spiro atoms. The van der Waals surface area contributed by atoms with Crippen molar-refractivity contribution in [3.05, 3.63) is 47.5 Å². The number of hydrogen-bond acceptors (Lipinski definition) is 2. The third-order valence-electron chi connectivity index (χ3n) is 2.71. The number of carbonyl (C=O) groups is 1. The largest absolute Gasteiger partial charge is 0.463 e. The van der Waals surface area contributed by atoms with Crippen LogP contribution in [0.5, 0.6) is 0 Å². The molecule has 0 amide bonds. The van der Waals surface area contributed by atoms with Gasteiger partial charge in [-0.25, -0.2) is 4.79 Å². The summed E-state index contributed by atoms with van der Waals surface area (Å²) in [6.07, 6.45) is 0.568. The Morgan fingerprint density at radius 3 is 2.47 bits per heavy atom. The second kappa shape index (κ2) is 6.71. The molecule has 0 aromatic heterocycles. The maximum absolute atomic E-state index is 11.5. The second-order valence-corrected chi connectivity index (χ2v) is 11.5. The quantitative estimate of drug-likeness (QED) is 0.449. The number of rotatable bonds is 6. The van der Waals surface area contributed by atoms with Gasteiger partial charge in [-0.2, -0.15) is 0 Å². The topological polar surface area (TPSA) is 26.3 Å². The molecule has 0 radical (unpaired) electrons. The molecule has 0 aliphatic carbocycles. The van der Waals surface area contributed by atoms with Crippen LogP contribution >= 0.6 is 0 Å². The van der Waals surface area contributed by atoms with Crippen molar-refractivity contribution < 1.29 is 9.53 Å². The summed E-state index contributed by atoms with van der Waals surface area (Å²) in [7, 11) is -1.11.